The van der Waals surface area contributed by atoms with Gasteiger partial charge in [0, 0.05) is 17.4 Å². The molecule has 1 amide bonds. The Hall–Kier alpha value is -3.41. The normalized spacial score (nSPS) is 10.5. The van der Waals surface area contributed by atoms with Crippen molar-refractivity contribution in [2.75, 3.05) is 5.32 Å². The van der Waals surface area contributed by atoms with E-state index in [0.717, 1.165) is 11.1 Å². The second-order valence-corrected chi connectivity index (χ2v) is 6.54. The lowest BCUT2D eigenvalue weighted by molar-refractivity contribution is -0.116. The Morgan fingerprint density at radius 2 is 1.89 bits per heavy atom. The third kappa shape index (κ3) is 4.85. The van der Waals surface area contributed by atoms with Gasteiger partial charge in [-0.1, -0.05) is 30.3 Å². The average molecular weight is 380 g/mol. The van der Waals surface area contributed by atoms with E-state index >= 15 is 0 Å². The topological polar surface area (TPSA) is 60.3 Å². The van der Waals surface area contributed by atoms with Gasteiger partial charge in [-0.15, -0.1) is 0 Å². The van der Waals surface area contributed by atoms with Crippen molar-refractivity contribution in [1.82, 2.24) is 4.57 Å². The molecule has 0 fully saturated rings. The van der Waals surface area contributed by atoms with Crippen LogP contribution >= 0.6 is 0 Å². The predicted octanol–water partition coefficient (Wildman–Crippen LogP) is 3.82. The average Bonchev–Trinajstić information content (AvgIpc) is 2.64. The minimum atomic E-state index is -0.427. The molecule has 0 unspecified atom stereocenters. The van der Waals surface area contributed by atoms with Crippen molar-refractivity contribution in [2.45, 2.75) is 27.0 Å². The number of benzene rings is 2. The number of nitrogens with zero attached hydrogens (tertiary/aromatic N) is 1. The minimum absolute atomic E-state index is 0.0245. The molecule has 1 aromatic heterocycles. The van der Waals surface area contributed by atoms with Crippen molar-refractivity contribution in [3.05, 3.63) is 93.7 Å². The monoisotopic (exact) mass is 380 g/mol. The summed E-state index contributed by atoms with van der Waals surface area (Å²) in [6.07, 6.45) is 1.53. The van der Waals surface area contributed by atoms with E-state index < -0.39 is 5.82 Å². The number of halogens is 1. The van der Waals surface area contributed by atoms with Gasteiger partial charge in [-0.05, 0) is 43.2 Å². The summed E-state index contributed by atoms with van der Waals surface area (Å²) in [5, 5.41) is 2.64. The second-order valence-electron chi connectivity index (χ2n) is 6.54. The fourth-order valence-corrected chi connectivity index (χ4v) is 2.78. The van der Waals surface area contributed by atoms with Crippen molar-refractivity contribution < 1.29 is 13.9 Å². The number of ether oxygens (including phenoxy) is 1. The number of aromatic nitrogens is 1. The van der Waals surface area contributed by atoms with E-state index in [2.05, 4.69) is 5.32 Å². The molecule has 3 rings (SSSR count). The van der Waals surface area contributed by atoms with Gasteiger partial charge in [-0.3, -0.25) is 9.59 Å². The molecule has 0 aliphatic rings. The van der Waals surface area contributed by atoms with E-state index in [-0.39, 0.29) is 30.2 Å². The van der Waals surface area contributed by atoms with Gasteiger partial charge in [0.05, 0.1) is 6.20 Å². The molecule has 0 aliphatic heterocycles. The summed E-state index contributed by atoms with van der Waals surface area (Å²) in [4.78, 5) is 24.5. The first-order valence-corrected chi connectivity index (χ1v) is 8.86. The highest BCUT2D eigenvalue weighted by Gasteiger charge is 2.10. The van der Waals surface area contributed by atoms with E-state index in [4.69, 9.17) is 4.74 Å². The van der Waals surface area contributed by atoms with E-state index in [1.54, 1.807) is 17.6 Å². The minimum Gasteiger partial charge on any atom is -0.483 e. The zero-order valence-corrected chi connectivity index (χ0v) is 15.7. The lowest BCUT2D eigenvalue weighted by Gasteiger charge is -2.14. The van der Waals surface area contributed by atoms with Crippen molar-refractivity contribution >= 4 is 11.6 Å². The van der Waals surface area contributed by atoms with Gasteiger partial charge in [0.2, 0.25) is 11.3 Å². The number of nitrogens with one attached hydrogen (secondary N) is 1. The van der Waals surface area contributed by atoms with Crippen LogP contribution in [0.25, 0.3) is 0 Å². The summed E-state index contributed by atoms with van der Waals surface area (Å²) in [5.41, 5.74) is 2.82. The molecule has 6 heteroatoms. The molecule has 1 heterocycles. The van der Waals surface area contributed by atoms with Gasteiger partial charge >= 0.3 is 0 Å². The summed E-state index contributed by atoms with van der Waals surface area (Å²) in [6, 6.07) is 14.9. The van der Waals surface area contributed by atoms with Gasteiger partial charge in [0.1, 0.15) is 19.0 Å². The number of carbonyl (C=O) groups is 1. The van der Waals surface area contributed by atoms with Gasteiger partial charge in [-0.2, -0.15) is 0 Å². The van der Waals surface area contributed by atoms with Gasteiger partial charge in [0.15, 0.2) is 5.75 Å². The summed E-state index contributed by atoms with van der Waals surface area (Å²) in [6.45, 7) is 3.95. The Morgan fingerprint density at radius 3 is 2.64 bits per heavy atom. The van der Waals surface area contributed by atoms with Crippen LogP contribution in [0, 0.1) is 19.7 Å². The molecule has 144 valence electrons. The molecule has 0 atom stereocenters. The molecule has 0 saturated carbocycles. The third-order valence-electron chi connectivity index (χ3n) is 4.38. The Morgan fingerprint density at radius 1 is 1.11 bits per heavy atom. The van der Waals surface area contributed by atoms with Crippen LogP contribution in [0.15, 0.2) is 65.6 Å². The van der Waals surface area contributed by atoms with Crippen LogP contribution in [0.1, 0.15) is 16.8 Å². The first-order chi connectivity index (χ1) is 13.4. The maximum atomic E-state index is 13.3. The van der Waals surface area contributed by atoms with E-state index in [1.165, 1.54) is 30.5 Å². The number of carbonyl (C=O) groups excluding carboxylic acids is 1. The number of hydrogen-bond donors (Lipinski definition) is 1. The lowest BCUT2D eigenvalue weighted by Crippen LogP contribution is -2.22. The molecule has 0 radical (unpaired) electrons. The number of rotatable bonds is 6. The first kappa shape index (κ1) is 19.4. The smallest absolute Gasteiger partial charge is 0.244 e. The van der Waals surface area contributed by atoms with E-state index in [1.807, 2.05) is 31.2 Å². The standard InChI is InChI=1S/C22H21FN2O3/c1-15-6-3-4-7-17(15)14-28-21-12-25(16(2)10-20(21)26)13-22(27)24-19-9-5-8-18(23)11-19/h3-12H,13-14H2,1-2H3,(H,24,27). The summed E-state index contributed by atoms with van der Waals surface area (Å²) < 4.78 is 20.6. The highest BCUT2D eigenvalue weighted by atomic mass is 19.1. The lowest BCUT2D eigenvalue weighted by atomic mass is 10.1. The van der Waals surface area contributed by atoms with Crippen LogP contribution in [-0.4, -0.2) is 10.5 Å². The van der Waals surface area contributed by atoms with Crippen molar-refractivity contribution in [3.63, 3.8) is 0 Å². The van der Waals surface area contributed by atoms with Crippen LogP contribution in [0.2, 0.25) is 0 Å². The Kier molecular flexibility index (Phi) is 5.89. The number of hydrogen-bond acceptors (Lipinski definition) is 3. The number of anilines is 1. The van der Waals surface area contributed by atoms with Crippen LogP contribution < -0.4 is 15.5 Å². The Labute approximate surface area is 162 Å². The second kappa shape index (κ2) is 8.52. The van der Waals surface area contributed by atoms with Crippen LogP contribution in [0.3, 0.4) is 0 Å². The molecular formula is C22H21FN2O3. The van der Waals surface area contributed by atoms with Crippen LogP contribution in [0.5, 0.6) is 5.75 Å². The van der Waals surface area contributed by atoms with E-state index in [0.29, 0.717) is 11.4 Å². The first-order valence-electron chi connectivity index (χ1n) is 8.86. The fraction of sp³-hybridized carbons (Fsp3) is 0.182. The molecule has 2 aromatic carbocycles. The molecular weight excluding hydrogens is 359 g/mol. The van der Waals surface area contributed by atoms with Crippen molar-refractivity contribution in [1.29, 1.82) is 0 Å². The predicted molar refractivity (Wildman–Crippen MR) is 106 cm³/mol. The zero-order valence-electron chi connectivity index (χ0n) is 15.7. The molecule has 28 heavy (non-hydrogen) atoms. The fourth-order valence-electron chi connectivity index (χ4n) is 2.78. The highest BCUT2D eigenvalue weighted by molar-refractivity contribution is 5.90. The summed E-state index contributed by atoms with van der Waals surface area (Å²) in [7, 11) is 0. The third-order valence-corrected chi connectivity index (χ3v) is 4.38. The number of amides is 1. The Balaban J connectivity index is 1.73. The molecule has 5 nitrogen and oxygen atoms in total. The van der Waals surface area contributed by atoms with Crippen LogP contribution in [0.4, 0.5) is 10.1 Å². The summed E-state index contributed by atoms with van der Waals surface area (Å²) >= 11 is 0. The molecule has 0 aliphatic carbocycles. The molecule has 0 saturated heterocycles. The van der Waals surface area contributed by atoms with Crippen molar-refractivity contribution in [2.24, 2.45) is 0 Å². The maximum Gasteiger partial charge on any atom is 0.244 e. The van der Waals surface area contributed by atoms with Crippen LogP contribution in [-0.2, 0) is 17.9 Å². The quantitative estimate of drug-likeness (QED) is 0.707. The highest BCUT2D eigenvalue weighted by Crippen LogP contribution is 2.13. The zero-order chi connectivity index (χ0) is 20.1. The SMILES string of the molecule is Cc1ccccc1COc1cn(CC(=O)Nc2cccc(F)c2)c(C)cc1=O. The van der Waals surface area contributed by atoms with Crippen molar-refractivity contribution in [3.8, 4) is 5.75 Å². The molecule has 0 spiro atoms. The van der Waals surface area contributed by atoms with Gasteiger partial charge < -0.3 is 14.6 Å². The maximum absolute atomic E-state index is 13.3. The molecule has 0 bridgehead atoms. The van der Waals surface area contributed by atoms with Gasteiger partial charge in [-0.25, -0.2) is 4.39 Å². The van der Waals surface area contributed by atoms with E-state index in [9.17, 15) is 14.0 Å². The summed E-state index contributed by atoms with van der Waals surface area (Å²) in [5.74, 6) is -0.584. The molecule has 3 aromatic rings. The number of pyridine rings is 1. The molecule has 1 N–H and O–H groups in total. The van der Waals surface area contributed by atoms with Gasteiger partial charge in [0.25, 0.3) is 0 Å². The Bertz CT molecular complexity index is 1060. The number of aryl methyl sites for hydroxylation is 2. The largest absolute Gasteiger partial charge is 0.483 e.